The van der Waals surface area contributed by atoms with Gasteiger partial charge in [-0.05, 0) is 25.2 Å². The molecule has 2 rings (SSSR count). The van der Waals surface area contributed by atoms with E-state index in [1.165, 1.54) is 24.8 Å². The van der Waals surface area contributed by atoms with Gasteiger partial charge in [0, 0.05) is 8.84 Å². The van der Waals surface area contributed by atoms with E-state index in [0.29, 0.717) is 8.84 Å². The van der Waals surface area contributed by atoms with Crippen LogP contribution in [0.4, 0.5) is 0 Å². The van der Waals surface area contributed by atoms with Crippen molar-refractivity contribution < 1.29 is 0 Å². The van der Waals surface area contributed by atoms with E-state index in [1.807, 2.05) is 0 Å². The van der Waals surface area contributed by atoms with Crippen molar-refractivity contribution in [3.8, 4) is 0 Å². The molecule has 0 saturated heterocycles. The molecule has 0 aromatic heterocycles. The molecule has 0 aromatic carbocycles. The summed E-state index contributed by atoms with van der Waals surface area (Å²) in [4.78, 5) is 0. The fourth-order valence-corrected chi connectivity index (χ4v) is 3.85. The van der Waals surface area contributed by atoms with Crippen LogP contribution in [0, 0.1) is 11.3 Å². The molecule has 2 fully saturated rings. The third kappa shape index (κ3) is 0.809. The lowest BCUT2D eigenvalue weighted by Crippen LogP contribution is -2.34. The van der Waals surface area contributed by atoms with Crippen molar-refractivity contribution in [1.82, 2.24) is 0 Å². The zero-order chi connectivity index (χ0) is 8.28. The van der Waals surface area contributed by atoms with E-state index in [4.69, 9.17) is 0 Å². The Morgan fingerprint density at radius 1 is 1.55 bits per heavy atom. The first-order valence-electron chi connectivity index (χ1n) is 4.35. The second-order valence-corrected chi connectivity index (χ2v) is 6.62. The standard InChI is InChI=1S/C10H15I/c1-7-8-4-5-10(11,6-8)9(7,2)3/h8H,1,4-6H2,2-3H3. The predicted octanol–water partition coefficient (Wildman–Crippen LogP) is 3.56. The van der Waals surface area contributed by atoms with Gasteiger partial charge in [0.1, 0.15) is 0 Å². The van der Waals surface area contributed by atoms with E-state index in [0.717, 1.165) is 5.92 Å². The van der Waals surface area contributed by atoms with E-state index in [1.54, 1.807) is 0 Å². The summed E-state index contributed by atoms with van der Waals surface area (Å²) in [6.07, 6.45) is 4.19. The first-order chi connectivity index (χ1) is 4.97. The highest BCUT2D eigenvalue weighted by Gasteiger charge is 2.57. The Hall–Kier alpha value is 0.470. The number of rotatable bonds is 0. The van der Waals surface area contributed by atoms with Crippen LogP contribution in [0.3, 0.4) is 0 Å². The van der Waals surface area contributed by atoms with Crippen LogP contribution in [0.15, 0.2) is 12.2 Å². The summed E-state index contributed by atoms with van der Waals surface area (Å²) < 4.78 is 0.548. The molecule has 2 saturated carbocycles. The zero-order valence-corrected chi connectivity index (χ0v) is 9.44. The minimum atomic E-state index is 0.399. The van der Waals surface area contributed by atoms with Gasteiger partial charge in [-0.15, -0.1) is 0 Å². The fourth-order valence-electron chi connectivity index (χ4n) is 2.66. The molecular formula is C10H15I. The summed E-state index contributed by atoms with van der Waals surface area (Å²) in [5, 5.41) is 0. The van der Waals surface area contributed by atoms with Gasteiger partial charge in [-0.1, -0.05) is 48.6 Å². The lowest BCUT2D eigenvalue weighted by molar-refractivity contribution is 0.341. The molecule has 0 heterocycles. The maximum atomic E-state index is 4.23. The van der Waals surface area contributed by atoms with E-state index in [9.17, 15) is 0 Å². The molecule has 2 aliphatic carbocycles. The number of allylic oxidation sites excluding steroid dienone is 1. The fraction of sp³-hybridized carbons (Fsp3) is 0.800. The predicted molar refractivity (Wildman–Crippen MR) is 57.0 cm³/mol. The Bertz CT molecular complexity index is 217. The van der Waals surface area contributed by atoms with Crippen LogP contribution in [0.2, 0.25) is 0 Å². The monoisotopic (exact) mass is 262 g/mol. The first-order valence-corrected chi connectivity index (χ1v) is 5.43. The SMILES string of the molecule is C=C1C2CCC(I)(C2)C1(C)C. The molecule has 0 nitrogen and oxygen atoms in total. The van der Waals surface area contributed by atoms with Gasteiger partial charge in [0.05, 0.1) is 0 Å². The van der Waals surface area contributed by atoms with Gasteiger partial charge in [-0.2, -0.15) is 0 Å². The van der Waals surface area contributed by atoms with Crippen LogP contribution in [0.5, 0.6) is 0 Å². The van der Waals surface area contributed by atoms with Gasteiger partial charge in [0.25, 0.3) is 0 Å². The topological polar surface area (TPSA) is 0 Å². The molecule has 0 aromatic rings. The zero-order valence-electron chi connectivity index (χ0n) is 7.28. The Labute approximate surface area is 82.6 Å². The molecule has 2 atom stereocenters. The van der Waals surface area contributed by atoms with Gasteiger partial charge in [-0.25, -0.2) is 0 Å². The minimum absolute atomic E-state index is 0.399. The highest BCUT2D eigenvalue weighted by Crippen LogP contribution is 2.65. The van der Waals surface area contributed by atoms with Crippen molar-refractivity contribution in [3.63, 3.8) is 0 Å². The van der Waals surface area contributed by atoms with Crippen LogP contribution >= 0.6 is 22.6 Å². The van der Waals surface area contributed by atoms with Gasteiger partial charge < -0.3 is 0 Å². The average molecular weight is 262 g/mol. The number of fused-ring (bicyclic) bond motifs is 2. The number of hydrogen-bond donors (Lipinski definition) is 0. The third-order valence-electron chi connectivity index (χ3n) is 3.87. The van der Waals surface area contributed by atoms with Crippen LogP contribution < -0.4 is 0 Å². The molecule has 62 valence electrons. The van der Waals surface area contributed by atoms with Gasteiger partial charge >= 0.3 is 0 Å². The molecule has 11 heavy (non-hydrogen) atoms. The highest BCUT2D eigenvalue weighted by molar-refractivity contribution is 14.1. The molecule has 2 bridgehead atoms. The number of alkyl halides is 1. The summed E-state index contributed by atoms with van der Waals surface area (Å²) in [5.41, 5.74) is 1.91. The number of hydrogen-bond acceptors (Lipinski definition) is 0. The van der Waals surface area contributed by atoms with Crippen molar-refractivity contribution in [2.24, 2.45) is 11.3 Å². The summed E-state index contributed by atoms with van der Waals surface area (Å²) in [6, 6.07) is 0. The van der Waals surface area contributed by atoms with Crippen LogP contribution in [0.1, 0.15) is 33.1 Å². The Kier molecular flexibility index (Phi) is 1.50. The summed E-state index contributed by atoms with van der Waals surface area (Å²) >= 11 is 2.67. The van der Waals surface area contributed by atoms with Crippen LogP contribution in [0.25, 0.3) is 0 Å². The third-order valence-corrected chi connectivity index (χ3v) is 6.20. The maximum Gasteiger partial charge on any atom is 0.0316 e. The normalized spacial score (nSPS) is 46.8. The second kappa shape index (κ2) is 2.04. The van der Waals surface area contributed by atoms with Gasteiger partial charge in [0.2, 0.25) is 0 Å². The Balaban J connectivity index is 2.44. The minimum Gasteiger partial charge on any atom is -0.0990 e. The van der Waals surface area contributed by atoms with Gasteiger partial charge in [-0.3, -0.25) is 0 Å². The quantitative estimate of drug-likeness (QED) is 0.356. The molecule has 2 aliphatic rings. The van der Waals surface area contributed by atoms with E-state index in [2.05, 4.69) is 43.0 Å². The average Bonchev–Trinajstić information content (AvgIpc) is 2.36. The Morgan fingerprint density at radius 3 is 2.45 bits per heavy atom. The van der Waals surface area contributed by atoms with E-state index < -0.39 is 0 Å². The molecule has 2 unspecified atom stereocenters. The van der Waals surface area contributed by atoms with E-state index in [-0.39, 0.29) is 0 Å². The maximum absolute atomic E-state index is 4.23. The van der Waals surface area contributed by atoms with Crippen LogP contribution in [-0.2, 0) is 0 Å². The summed E-state index contributed by atoms with van der Waals surface area (Å²) in [5.74, 6) is 0.849. The largest absolute Gasteiger partial charge is 0.0990 e. The lowest BCUT2D eigenvalue weighted by atomic mass is 9.73. The molecule has 0 aliphatic heterocycles. The summed E-state index contributed by atoms with van der Waals surface area (Å²) in [7, 11) is 0. The van der Waals surface area contributed by atoms with Crippen LogP contribution in [-0.4, -0.2) is 3.42 Å². The van der Waals surface area contributed by atoms with Crippen molar-refractivity contribution in [1.29, 1.82) is 0 Å². The molecule has 0 radical (unpaired) electrons. The smallest absolute Gasteiger partial charge is 0.0316 e. The molecule has 0 spiro atoms. The molecular weight excluding hydrogens is 247 g/mol. The molecule has 0 amide bonds. The van der Waals surface area contributed by atoms with Crippen molar-refractivity contribution in [2.45, 2.75) is 36.5 Å². The van der Waals surface area contributed by atoms with Crippen molar-refractivity contribution >= 4 is 22.6 Å². The van der Waals surface area contributed by atoms with Crippen molar-refractivity contribution in [3.05, 3.63) is 12.2 Å². The van der Waals surface area contributed by atoms with Gasteiger partial charge in [0.15, 0.2) is 0 Å². The first kappa shape index (κ1) is 8.09. The van der Waals surface area contributed by atoms with E-state index >= 15 is 0 Å². The summed E-state index contributed by atoms with van der Waals surface area (Å²) in [6.45, 7) is 8.95. The second-order valence-electron chi connectivity index (χ2n) is 4.56. The lowest BCUT2D eigenvalue weighted by Gasteiger charge is -2.38. The highest BCUT2D eigenvalue weighted by atomic mass is 127. The number of halogens is 1. The molecule has 0 N–H and O–H groups in total. The Morgan fingerprint density at radius 2 is 2.18 bits per heavy atom. The van der Waals surface area contributed by atoms with Crippen molar-refractivity contribution in [2.75, 3.05) is 0 Å². The molecule has 1 heteroatoms.